The van der Waals surface area contributed by atoms with Crippen molar-refractivity contribution in [2.75, 3.05) is 57.3 Å². The van der Waals surface area contributed by atoms with Gasteiger partial charge < -0.3 is 14.4 Å². The van der Waals surface area contributed by atoms with Gasteiger partial charge >= 0.3 is 0 Å². The van der Waals surface area contributed by atoms with Crippen LogP contribution in [0.1, 0.15) is 5.89 Å². The van der Waals surface area contributed by atoms with E-state index >= 15 is 0 Å². The second-order valence-corrected chi connectivity index (χ2v) is 9.00. The fourth-order valence-electron chi connectivity index (χ4n) is 4.92. The number of aliphatic hydroxyl groups excluding tert-OH is 1. The number of β-amino-alcohol motifs (C(OH)–C–C–N with tert-alkyl or cyclic N) is 1. The van der Waals surface area contributed by atoms with E-state index in [9.17, 15) is 0 Å². The van der Waals surface area contributed by atoms with E-state index in [1.807, 2.05) is 43.5 Å². The van der Waals surface area contributed by atoms with Crippen molar-refractivity contribution in [1.82, 2.24) is 24.8 Å². The molecule has 2 fully saturated rings. The molecule has 0 radical (unpaired) electrons. The molecule has 5 heterocycles. The molecule has 8 heteroatoms. The smallest absolute Gasteiger partial charge is 0.192 e. The van der Waals surface area contributed by atoms with Gasteiger partial charge in [-0.3, -0.25) is 14.8 Å². The van der Waals surface area contributed by atoms with E-state index in [-0.39, 0.29) is 6.61 Å². The van der Waals surface area contributed by atoms with E-state index in [0.717, 1.165) is 84.9 Å². The zero-order chi connectivity index (χ0) is 22.4. The van der Waals surface area contributed by atoms with Crippen LogP contribution in [0.4, 0.5) is 5.69 Å². The zero-order valence-electron chi connectivity index (χ0n) is 18.8. The number of fused-ring (bicyclic) bond motifs is 2. The van der Waals surface area contributed by atoms with Gasteiger partial charge in [-0.15, -0.1) is 0 Å². The third kappa shape index (κ3) is 3.94. The van der Waals surface area contributed by atoms with E-state index in [2.05, 4.69) is 30.7 Å². The third-order valence-electron chi connectivity index (χ3n) is 6.88. The molecule has 2 aliphatic rings. The van der Waals surface area contributed by atoms with Crippen molar-refractivity contribution in [2.45, 2.75) is 13.0 Å². The molecule has 33 heavy (non-hydrogen) atoms. The van der Waals surface area contributed by atoms with Crippen LogP contribution in [-0.4, -0.2) is 88.3 Å². The molecule has 2 aliphatic heterocycles. The van der Waals surface area contributed by atoms with Crippen molar-refractivity contribution in [2.24, 2.45) is 0 Å². The molecule has 1 aromatic carbocycles. The summed E-state index contributed by atoms with van der Waals surface area (Å²) in [5.74, 6) is 0.669. The maximum Gasteiger partial charge on any atom is 0.192 e. The number of pyridine rings is 2. The average molecular weight is 445 g/mol. The number of oxazole rings is 1. The number of aromatic nitrogens is 3. The normalized spacial score (nSPS) is 18.3. The number of aliphatic hydroxyl groups is 1. The Kier molecular flexibility index (Phi) is 5.21. The summed E-state index contributed by atoms with van der Waals surface area (Å²) in [6.07, 6.45) is 1.96. The summed E-state index contributed by atoms with van der Waals surface area (Å²) in [6, 6.07) is 12.8. The van der Waals surface area contributed by atoms with Gasteiger partial charge in [0.25, 0.3) is 0 Å². The minimum Gasteiger partial charge on any atom is -0.441 e. The van der Waals surface area contributed by atoms with Crippen LogP contribution in [0.25, 0.3) is 33.4 Å². The molecule has 0 bridgehead atoms. The summed E-state index contributed by atoms with van der Waals surface area (Å²) in [4.78, 5) is 21.3. The predicted molar refractivity (Wildman–Crippen MR) is 128 cm³/mol. The van der Waals surface area contributed by atoms with Crippen molar-refractivity contribution in [3.05, 3.63) is 48.5 Å². The van der Waals surface area contributed by atoms with Gasteiger partial charge in [0.1, 0.15) is 5.52 Å². The van der Waals surface area contributed by atoms with Crippen LogP contribution in [-0.2, 0) is 0 Å². The highest BCUT2D eigenvalue weighted by atomic mass is 16.3. The van der Waals surface area contributed by atoms with Crippen LogP contribution in [0.2, 0.25) is 0 Å². The van der Waals surface area contributed by atoms with E-state index in [1.54, 1.807) is 0 Å². The van der Waals surface area contributed by atoms with Crippen molar-refractivity contribution < 1.29 is 9.52 Å². The summed E-state index contributed by atoms with van der Waals surface area (Å²) >= 11 is 0. The van der Waals surface area contributed by atoms with Crippen LogP contribution in [0, 0.1) is 6.92 Å². The molecule has 3 aromatic heterocycles. The first-order valence-corrected chi connectivity index (χ1v) is 11.6. The zero-order valence-corrected chi connectivity index (χ0v) is 18.8. The maximum atomic E-state index is 9.13. The third-order valence-corrected chi connectivity index (χ3v) is 6.88. The molecular formula is C25H28N6O2. The minimum absolute atomic E-state index is 0.246. The maximum absolute atomic E-state index is 9.13. The van der Waals surface area contributed by atoms with Crippen LogP contribution in [0.15, 0.2) is 47.0 Å². The van der Waals surface area contributed by atoms with Crippen molar-refractivity contribution in [3.63, 3.8) is 0 Å². The Balaban J connectivity index is 1.17. The van der Waals surface area contributed by atoms with Gasteiger partial charge in [0.2, 0.25) is 0 Å². The lowest BCUT2D eigenvalue weighted by molar-refractivity contribution is 0.0733. The minimum atomic E-state index is 0.246. The molecule has 0 unspecified atom stereocenters. The first-order chi connectivity index (χ1) is 16.2. The van der Waals surface area contributed by atoms with E-state index in [0.29, 0.717) is 11.9 Å². The molecular weight excluding hydrogens is 416 g/mol. The average Bonchev–Trinajstić information content (AvgIpc) is 3.18. The van der Waals surface area contributed by atoms with E-state index in [4.69, 9.17) is 14.5 Å². The summed E-state index contributed by atoms with van der Waals surface area (Å²) < 4.78 is 5.60. The number of piperazine rings is 1. The number of anilines is 1. The van der Waals surface area contributed by atoms with Crippen molar-refractivity contribution >= 4 is 27.8 Å². The van der Waals surface area contributed by atoms with Crippen LogP contribution >= 0.6 is 0 Å². The quantitative estimate of drug-likeness (QED) is 0.503. The molecule has 0 atom stereocenters. The fraction of sp³-hybridized carbons (Fsp3) is 0.400. The molecule has 4 aromatic rings. The Hall–Kier alpha value is -3.07. The Morgan fingerprint density at radius 2 is 1.82 bits per heavy atom. The monoisotopic (exact) mass is 444 g/mol. The summed E-state index contributed by atoms with van der Waals surface area (Å²) in [6.45, 7) is 9.18. The Labute approximate surface area is 192 Å². The molecule has 0 saturated carbocycles. The van der Waals surface area contributed by atoms with Crippen LogP contribution in [0.5, 0.6) is 0 Å². The van der Waals surface area contributed by atoms with Gasteiger partial charge in [-0.1, -0.05) is 0 Å². The lowest BCUT2D eigenvalue weighted by Crippen LogP contribution is -2.63. The highest BCUT2D eigenvalue weighted by molar-refractivity contribution is 5.84. The standard InChI is InChI=1S/C25H28N6O2/c1-17-27-24-12-18(2-5-25(24)33-17)21-3-4-22-23(28-21)13-19(14-26-22)31-15-20(16-31)30-8-6-29(7-9-30)10-11-32/h2-5,12-14,20,32H,6-11,15-16H2,1H3. The molecule has 0 aliphatic carbocycles. The highest BCUT2D eigenvalue weighted by Gasteiger charge is 2.33. The van der Waals surface area contributed by atoms with Gasteiger partial charge in [0.15, 0.2) is 11.5 Å². The van der Waals surface area contributed by atoms with Crippen LogP contribution in [0.3, 0.4) is 0 Å². The Bertz CT molecular complexity index is 1290. The van der Waals surface area contributed by atoms with Gasteiger partial charge in [0.05, 0.1) is 35.2 Å². The molecule has 8 nitrogen and oxygen atoms in total. The number of hydrogen-bond acceptors (Lipinski definition) is 8. The number of nitrogens with zero attached hydrogens (tertiary/aromatic N) is 6. The SMILES string of the molecule is Cc1nc2cc(-c3ccc4ncc(N5CC(N6CCN(CCO)CC6)C5)cc4n3)ccc2o1. The first-order valence-electron chi connectivity index (χ1n) is 11.6. The highest BCUT2D eigenvalue weighted by Crippen LogP contribution is 2.29. The topological polar surface area (TPSA) is 81.8 Å². The first kappa shape index (κ1) is 20.5. The lowest BCUT2D eigenvalue weighted by atomic mass is 10.0. The molecule has 0 spiro atoms. The molecule has 2 saturated heterocycles. The fourth-order valence-corrected chi connectivity index (χ4v) is 4.92. The summed E-state index contributed by atoms with van der Waals surface area (Å²) in [5, 5.41) is 9.13. The van der Waals surface area contributed by atoms with E-state index in [1.165, 1.54) is 0 Å². The molecule has 0 amide bonds. The second kappa shape index (κ2) is 8.37. The second-order valence-electron chi connectivity index (χ2n) is 9.00. The van der Waals surface area contributed by atoms with Gasteiger partial charge in [-0.05, 0) is 36.4 Å². The molecule has 1 N–H and O–H groups in total. The van der Waals surface area contributed by atoms with Crippen LogP contribution < -0.4 is 4.90 Å². The number of aryl methyl sites for hydroxylation is 1. The van der Waals surface area contributed by atoms with E-state index < -0.39 is 0 Å². The summed E-state index contributed by atoms with van der Waals surface area (Å²) in [5.41, 5.74) is 6.51. The number of hydrogen-bond donors (Lipinski definition) is 1. The summed E-state index contributed by atoms with van der Waals surface area (Å²) in [7, 11) is 0. The van der Waals surface area contributed by atoms with Crippen molar-refractivity contribution in [1.29, 1.82) is 0 Å². The molecule has 6 rings (SSSR count). The lowest BCUT2D eigenvalue weighted by Gasteiger charge is -2.49. The van der Waals surface area contributed by atoms with Gasteiger partial charge in [0, 0.05) is 64.3 Å². The van der Waals surface area contributed by atoms with Gasteiger partial charge in [-0.2, -0.15) is 0 Å². The number of rotatable bonds is 5. The van der Waals surface area contributed by atoms with Crippen molar-refractivity contribution in [3.8, 4) is 11.3 Å². The van der Waals surface area contributed by atoms with Gasteiger partial charge in [-0.25, -0.2) is 9.97 Å². The number of benzene rings is 1. The predicted octanol–water partition coefficient (Wildman–Crippen LogP) is 2.54. The largest absolute Gasteiger partial charge is 0.441 e. The Morgan fingerprint density at radius 3 is 2.64 bits per heavy atom. The molecule has 170 valence electrons. The Morgan fingerprint density at radius 1 is 0.970 bits per heavy atom.